The molecule has 0 saturated heterocycles. The molecule has 0 aliphatic carbocycles. The van der Waals surface area contributed by atoms with Crippen LogP contribution in [0.2, 0.25) is 0 Å². The Morgan fingerprint density at radius 3 is 2.63 bits per heavy atom. The van der Waals surface area contributed by atoms with Gasteiger partial charge in [0.25, 0.3) is 0 Å². The molecule has 0 atom stereocenters. The minimum Gasteiger partial charge on any atom is -0.480 e. The molecule has 1 heterocycles. The summed E-state index contributed by atoms with van der Waals surface area (Å²) in [6, 6.07) is 11.7. The van der Waals surface area contributed by atoms with Crippen LogP contribution in [0.5, 0.6) is 0 Å². The molecule has 19 heavy (non-hydrogen) atoms. The zero-order valence-corrected chi connectivity index (χ0v) is 11.0. The zero-order valence-electron chi connectivity index (χ0n) is 11.0. The van der Waals surface area contributed by atoms with Crippen LogP contribution >= 0.6 is 0 Å². The van der Waals surface area contributed by atoms with Crippen LogP contribution in [-0.4, -0.2) is 26.4 Å². The quantitative estimate of drug-likeness (QED) is 0.864. The first-order chi connectivity index (χ1) is 8.99. The Morgan fingerprint density at radius 2 is 2.00 bits per heavy atom. The van der Waals surface area contributed by atoms with Gasteiger partial charge in [-0.1, -0.05) is 30.3 Å². The van der Waals surface area contributed by atoms with Crippen LogP contribution in [-0.2, 0) is 11.3 Å². The molecule has 100 valence electrons. The third kappa shape index (κ3) is 3.13. The fraction of sp³-hybridized carbons (Fsp3) is 0.286. The lowest BCUT2D eigenvalue weighted by molar-refractivity contribution is -0.141. The third-order valence-electron chi connectivity index (χ3n) is 2.87. The lowest BCUT2D eigenvalue weighted by Crippen LogP contribution is -2.40. The highest BCUT2D eigenvalue weighted by atomic mass is 16.4. The lowest BCUT2D eigenvalue weighted by atomic mass is 10.1. The van der Waals surface area contributed by atoms with E-state index in [1.807, 2.05) is 30.3 Å². The van der Waals surface area contributed by atoms with Crippen LogP contribution in [0.1, 0.15) is 19.4 Å². The van der Waals surface area contributed by atoms with E-state index in [2.05, 4.69) is 10.4 Å². The van der Waals surface area contributed by atoms with Gasteiger partial charge in [0.05, 0.1) is 12.7 Å². The maximum Gasteiger partial charge on any atom is 0.328 e. The number of hydrogen-bond acceptors (Lipinski definition) is 3. The summed E-state index contributed by atoms with van der Waals surface area (Å²) in [6.07, 6.45) is 1.66. The Kier molecular flexibility index (Phi) is 3.55. The zero-order chi connectivity index (χ0) is 13.9. The molecule has 0 fully saturated rings. The van der Waals surface area contributed by atoms with Gasteiger partial charge in [0.2, 0.25) is 0 Å². The van der Waals surface area contributed by atoms with Gasteiger partial charge in [-0.25, -0.2) is 9.48 Å². The number of aliphatic carboxylic acids is 1. The smallest absolute Gasteiger partial charge is 0.328 e. The van der Waals surface area contributed by atoms with Crippen molar-refractivity contribution >= 4 is 11.8 Å². The molecule has 0 bridgehead atoms. The molecule has 1 aromatic carbocycles. The first-order valence-electron chi connectivity index (χ1n) is 6.06. The first-order valence-corrected chi connectivity index (χ1v) is 6.06. The van der Waals surface area contributed by atoms with Gasteiger partial charge in [0.1, 0.15) is 11.4 Å². The first kappa shape index (κ1) is 13.1. The summed E-state index contributed by atoms with van der Waals surface area (Å²) in [4.78, 5) is 11.1. The molecule has 0 radical (unpaired) electrons. The molecule has 0 unspecified atom stereocenters. The van der Waals surface area contributed by atoms with E-state index in [9.17, 15) is 4.79 Å². The monoisotopic (exact) mass is 259 g/mol. The highest BCUT2D eigenvalue weighted by Crippen LogP contribution is 2.16. The Bertz CT molecular complexity index is 561. The second kappa shape index (κ2) is 5.14. The van der Waals surface area contributed by atoms with Crippen molar-refractivity contribution in [1.82, 2.24) is 9.78 Å². The summed E-state index contributed by atoms with van der Waals surface area (Å²) in [5.74, 6) is -0.212. The van der Waals surface area contributed by atoms with Crippen molar-refractivity contribution in [3.05, 3.63) is 48.2 Å². The van der Waals surface area contributed by atoms with Gasteiger partial charge in [-0.3, -0.25) is 0 Å². The van der Waals surface area contributed by atoms with Crippen molar-refractivity contribution in [3.8, 4) is 0 Å². The van der Waals surface area contributed by atoms with Crippen molar-refractivity contribution in [3.63, 3.8) is 0 Å². The van der Waals surface area contributed by atoms with E-state index in [4.69, 9.17) is 5.11 Å². The van der Waals surface area contributed by atoms with Crippen LogP contribution in [0.3, 0.4) is 0 Å². The summed E-state index contributed by atoms with van der Waals surface area (Å²) < 4.78 is 1.75. The van der Waals surface area contributed by atoms with E-state index in [-0.39, 0.29) is 0 Å². The molecular weight excluding hydrogens is 242 g/mol. The summed E-state index contributed by atoms with van der Waals surface area (Å²) in [7, 11) is 0. The van der Waals surface area contributed by atoms with Crippen LogP contribution in [0.4, 0.5) is 5.82 Å². The van der Waals surface area contributed by atoms with E-state index < -0.39 is 11.5 Å². The van der Waals surface area contributed by atoms with E-state index in [0.29, 0.717) is 12.4 Å². The minimum absolute atomic E-state index is 0.603. The standard InChI is InChI=1S/C14H17N3O2/c1-14(2,13(18)19)16-12-8-9-15-17(12)10-11-6-4-3-5-7-11/h3-9,16H,10H2,1-2H3,(H,18,19). The molecule has 2 aromatic rings. The van der Waals surface area contributed by atoms with Gasteiger partial charge >= 0.3 is 5.97 Å². The molecule has 2 rings (SSSR count). The van der Waals surface area contributed by atoms with Crippen molar-refractivity contribution in [2.45, 2.75) is 25.9 Å². The lowest BCUT2D eigenvalue weighted by Gasteiger charge is -2.22. The molecule has 0 amide bonds. The average molecular weight is 259 g/mol. The molecule has 0 aliphatic rings. The molecular formula is C14H17N3O2. The highest BCUT2D eigenvalue weighted by Gasteiger charge is 2.27. The predicted octanol–water partition coefficient (Wildman–Crippen LogP) is 2.21. The van der Waals surface area contributed by atoms with E-state index >= 15 is 0 Å². The van der Waals surface area contributed by atoms with Gasteiger partial charge in [0.15, 0.2) is 0 Å². The Labute approximate surface area is 111 Å². The number of carbonyl (C=O) groups is 1. The van der Waals surface area contributed by atoms with Crippen LogP contribution in [0, 0.1) is 0 Å². The van der Waals surface area contributed by atoms with Crippen molar-refractivity contribution < 1.29 is 9.90 Å². The minimum atomic E-state index is -1.03. The molecule has 0 aliphatic heterocycles. The van der Waals surface area contributed by atoms with Crippen LogP contribution in [0.25, 0.3) is 0 Å². The number of carboxylic acid groups (broad SMARTS) is 1. The Balaban J connectivity index is 2.17. The number of hydrogen-bond donors (Lipinski definition) is 2. The molecule has 5 heteroatoms. The number of aromatic nitrogens is 2. The summed E-state index contributed by atoms with van der Waals surface area (Å²) in [5.41, 5.74) is 0.0801. The topological polar surface area (TPSA) is 67.2 Å². The molecule has 2 N–H and O–H groups in total. The Morgan fingerprint density at radius 1 is 1.32 bits per heavy atom. The van der Waals surface area contributed by atoms with Crippen LogP contribution in [0.15, 0.2) is 42.6 Å². The maximum atomic E-state index is 11.1. The molecule has 0 spiro atoms. The normalized spacial score (nSPS) is 11.3. The molecule has 1 aromatic heterocycles. The van der Waals surface area contributed by atoms with Crippen molar-refractivity contribution in [1.29, 1.82) is 0 Å². The predicted molar refractivity (Wildman–Crippen MR) is 73.1 cm³/mol. The largest absolute Gasteiger partial charge is 0.480 e. The number of benzene rings is 1. The molecule has 5 nitrogen and oxygen atoms in total. The second-order valence-corrected chi connectivity index (χ2v) is 4.91. The average Bonchev–Trinajstić information content (AvgIpc) is 2.77. The Hall–Kier alpha value is -2.30. The number of rotatable bonds is 5. The number of nitrogens with one attached hydrogen (secondary N) is 1. The van der Waals surface area contributed by atoms with Gasteiger partial charge in [-0.05, 0) is 19.4 Å². The number of carboxylic acids is 1. The van der Waals surface area contributed by atoms with Gasteiger partial charge in [-0.15, -0.1) is 0 Å². The van der Waals surface area contributed by atoms with Gasteiger partial charge < -0.3 is 10.4 Å². The van der Waals surface area contributed by atoms with Gasteiger partial charge in [0, 0.05) is 6.07 Å². The number of nitrogens with zero attached hydrogens (tertiary/aromatic N) is 2. The van der Waals surface area contributed by atoms with Crippen LogP contribution < -0.4 is 5.32 Å². The maximum absolute atomic E-state index is 11.1. The third-order valence-corrected chi connectivity index (χ3v) is 2.87. The fourth-order valence-corrected chi connectivity index (χ4v) is 1.69. The summed E-state index contributed by atoms with van der Waals surface area (Å²) in [5, 5.41) is 16.3. The van der Waals surface area contributed by atoms with Crippen molar-refractivity contribution in [2.75, 3.05) is 5.32 Å². The fourth-order valence-electron chi connectivity index (χ4n) is 1.69. The van der Waals surface area contributed by atoms with E-state index in [1.165, 1.54) is 0 Å². The molecule has 0 saturated carbocycles. The second-order valence-electron chi connectivity index (χ2n) is 4.91. The highest BCUT2D eigenvalue weighted by molar-refractivity contribution is 5.81. The summed E-state index contributed by atoms with van der Waals surface area (Å²) in [6.45, 7) is 3.84. The van der Waals surface area contributed by atoms with Crippen molar-refractivity contribution in [2.24, 2.45) is 0 Å². The SMILES string of the molecule is CC(C)(Nc1ccnn1Cc1ccccc1)C(=O)O. The summed E-state index contributed by atoms with van der Waals surface area (Å²) >= 11 is 0. The van der Waals surface area contributed by atoms with Gasteiger partial charge in [-0.2, -0.15) is 5.10 Å². The van der Waals surface area contributed by atoms with E-state index in [0.717, 1.165) is 5.56 Å². The van der Waals surface area contributed by atoms with E-state index in [1.54, 1.807) is 30.8 Å². The number of anilines is 1.